The molecule has 6 heteroatoms. The van der Waals surface area contributed by atoms with Crippen molar-refractivity contribution in [2.45, 2.75) is 32.3 Å². The minimum absolute atomic E-state index is 0. The van der Waals surface area contributed by atoms with Crippen LogP contribution in [-0.2, 0) is 4.65 Å². The van der Waals surface area contributed by atoms with Gasteiger partial charge in [-0.1, -0.05) is 19.8 Å². The summed E-state index contributed by atoms with van der Waals surface area (Å²) in [4.78, 5) is 0. The zero-order chi connectivity index (χ0) is 8.69. The summed E-state index contributed by atoms with van der Waals surface area (Å²) in [5.74, 6) is 0. The van der Waals surface area contributed by atoms with Crippen LogP contribution in [0.15, 0.2) is 0 Å². The summed E-state index contributed by atoms with van der Waals surface area (Å²) in [6.45, 7) is 2.01. The number of rotatable bonds is 6. The Kier molecular flexibility index (Phi) is 14.2. The van der Waals surface area contributed by atoms with E-state index in [4.69, 9.17) is 15.2 Å². The minimum atomic E-state index is -1.77. The van der Waals surface area contributed by atoms with Crippen LogP contribution in [0.1, 0.15) is 26.2 Å². The van der Waals surface area contributed by atoms with Crippen LogP contribution in [0.5, 0.6) is 0 Å². The van der Waals surface area contributed by atoms with Crippen LogP contribution in [0, 0.1) is 0 Å². The van der Waals surface area contributed by atoms with Crippen LogP contribution < -0.4 is 0 Å². The van der Waals surface area contributed by atoms with Crippen molar-refractivity contribution in [1.82, 2.24) is 0 Å². The summed E-state index contributed by atoms with van der Waals surface area (Å²) in [5.41, 5.74) is 0. The molecule has 0 aliphatic carbocycles. The van der Waals surface area contributed by atoms with E-state index in [0.29, 0.717) is 6.42 Å². The molecule has 0 rings (SSSR count). The molecule has 0 bridgehead atoms. The molecule has 0 radical (unpaired) electrons. The normalized spacial score (nSPS) is 12.0. The van der Waals surface area contributed by atoms with Gasteiger partial charge in [-0.2, -0.15) is 0 Å². The molecule has 0 aromatic carbocycles. The maximum atomic E-state index is 9.08. The first-order valence-electron chi connectivity index (χ1n) is 3.82. The van der Waals surface area contributed by atoms with Crippen molar-refractivity contribution in [2.75, 3.05) is 6.61 Å². The fraction of sp³-hybridized carbons (Fsp3) is 1.00. The number of aliphatic hydroxyl groups excluding tert-OH is 1. The van der Waals surface area contributed by atoms with Gasteiger partial charge < -0.3 is 19.8 Å². The summed E-state index contributed by atoms with van der Waals surface area (Å²) in [6.07, 6.45) is 1.99. The molecule has 0 heterocycles. The van der Waals surface area contributed by atoms with Gasteiger partial charge in [0.05, 0.1) is 12.7 Å². The second-order valence-electron chi connectivity index (χ2n) is 2.46. The van der Waals surface area contributed by atoms with Crippen molar-refractivity contribution in [3.63, 3.8) is 0 Å². The van der Waals surface area contributed by atoms with Gasteiger partial charge in [-0.25, -0.2) is 0 Å². The fourth-order valence-corrected chi connectivity index (χ4v) is 0.720. The molecule has 0 saturated carbocycles. The Balaban J connectivity index is 0. The molecule has 0 aliphatic heterocycles. The van der Waals surface area contributed by atoms with Crippen LogP contribution in [0.3, 0.4) is 0 Å². The molecular weight excluding hydrogens is 186 g/mol. The molecule has 0 aliphatic rings. The first-order chi connectivity index (χ1) is 5.16. The summed E-state index contributed by atoms with van der Waals surface area (Å²) in [5, 5.41) is 25.6. The van der Waals surface area contributed by atoms with E-state index in [1.165, 1.54) is 0 Å². The second-order valence-corrected chi connectivity index (χ2v) is 2.46. The van der Waals surface area contributed by atoms with Gasteiger partial charge in [0.1, 0.15) is 0 Å². The van der Waals surface area contributed by atoms with E-state index in [1.807, 2.05) is 6.92 Å². The first-order valence-corrected chi connectivity index (χ1v) is 3.82. The summed E-state index contributed by atoms with van der Waals surface area (Å²) < 4.78 is 4.36. The monoisotopic (exact) mass is 202 g/mol. The van der Waals surface area contributed by atoms with Crippen LogP contribution in [0.2, 0.25) is 0 Å². The zero-order valence-electron chi connectivity index (χ0n) is 6.73. The van der Waals surface area contributed by atoms with Crippen molar-refractivity contribution in [3.05, 3.63) is 0 Å². The van der Waals surface area contributed by atoms with Gasteiger partial charge in [0.15, 0.2) is 0 Å². The molecular formula is C6H16BKO4. The molecule has 0 fully saturated rings. The summed E-state index contributed by atoms with van der Waals surface area (Å²) in [6, 6.07) is 0. The third-order valence-corrected chi connectivity index (χ3v) is 1.33. The third kappa shape index (κ3) is 11.5. The Hall–Kier alpha value is 1.54. The van der Waals surface area contributed by atoms with E-state index in [0.717, 1.165) is 12.8 Å². The standard InChI is InChI=1S/C6H15BO4.K.H/c1-2-3-4-6(8)5-11-7(9)10;;/h6,8-10H,2-5H2,1H3;;. The SMILES string of the molecule is CCCCC(O)COB(O)O.[KH]. The maximum absolute atomic E-state index is 9.08. The molecule has 1 unspecified atom stereocenters. The van der Waals surface area contributed by atoms with Crippen LogP contribution in [-0.4, -0.2) is 86.6 Å². The number of aliphatic hydroxyl groups is 1. The van der Waals surface area contributed by atoms with E-state index in [1.54, 1.807) is 0 Å². The van der Waals surface area contributed by atoms with Crippen LogP contribution in [0.4, 0.5) is 0 Å². The molecule has 4 nitrogen and oxygen atoms in total. The van der Waals surface area contributed by atoms with Crippen molar-refractivity contribution in [2.24, 2.45) is 0 Å². The van der Waals surface area contributed by atoms with E-state index in [2.05, 4.69) is 4.65 Å². The topological polar surface area (TPSA) is 69.9 Å². The summed E-state index contributed by atoms with van der Waals surface area (Å²) in [7, 11) is -1.77. The third-order valence-electron chi connectivity index (χ3n) is 1.33. The van der Waals surface area contributed by atoms with Gasteiger partial charge in [0.25, 0.3) is 0 Å². The van der Waals surface area contributed by atoms with Gasteiger partial charge >= 0.3 is 58.7 Å². The first kappa shape index (κ1) is 16.0. The Labute approximate surface area is 116 Å². The molecule has 0 aromatic rings. The quantitative estimate of drug-likeness (QED) is 0.477. The Bertz CT molecular complexity index is 93.6. The van der Waals surface area contributed by atoms with Crippen molar-refractivity contribution < 1.29 is 19.8 Å². The molecule has 1 atom stereocenters. The van der Waals surface area contributed by atoms with Crippen LogP contribution >= 0.6 is 0 Å². The Morgan fingerprint density at radius 1 is 1.42 bits per heavy atom. The molecule has 0 amide bonds. The van der Waals surface area contributed by atoms with E-state index < -0.39 is 13.4 Å². The van der Waals surface area contributed by atoms with Gasteiger partial charge in [0.2, 0.25) is 0 Å². The zero-order valence-corrected chi connectivity index (χ0v) is 6.73. The predicted molar refractivity (Wildman–Crippen MR) is 48.8 cm³/mol. The second kappa shape index (κ2) is 10.6. The van der Waals surface area contributed by atoms with Gasteiger partial charge in [-0.3, -0.25) is 0 Å². The molecule has 0 aromatic heterocycles. The molecule has 68 valence electrons. The van der Waals surface area contributed by atoms with Crippen LogP contribution in [0.25, 0.3) is 0 Å². The average Bonchev–Trinajstić information content (AvgIpc) is 1.97. The fourth-order valence-electron chi connectivity index (χ4n) is 0.720. The molecule has 0 saturated heterocycles. The predicted octanol–water partition coefficient (Wildman–Crippen LogP) is -1.12. The van der Waals surface area contributed by atoms with Crippen molar-refractivity contribution in [1.29, 1.82) is 0 Å². The van der Waals surface area contributed by atoms with E-state index in [-0.39, 0.29) is 58.0 Å². The molecule has 0 spiro atoms. The number of hydrogen-bond acceptors (Lipinski definition) is 4. The number of unbranched alkanes of at least 4 members (excludes halogenated alkanes) is 1. The van der Waals surface area contributed by atoms with Crippen molar-refractivity contribution in [3.8, 4) is 0 Å². The van der Waals surface area contributed by atoms with E-state index in [9.17, 15) is 0 Å². The molecule has 12 heavy (non-hydrogen) atoms. The summed E-state index contributed by atoms with van der Waals surface area (Å²) >= 11 is 0. The number of hydrogen-bond donors (Lipinski definition) is 3. The Morgan fingerprint density at radius 3 is 2.42 bits per heavy atom. The van der Waals surface area contributed by atoms with E-state index >= 15 is 0 Å². The Morgan fingerprint density at radius 2 is 2.00 bits per heavy atom. The molecule has 3 N–H and O–H groups in total. The van der Waals surface area contributed by atoms with Gasteiger partial charge in [-0.15, -0.1) is 0 Å². The van der Waals surface area contributed by atoms with Gasteiger partial charge in [0, 0.05) is 0 Å². The van der Waals surface area contributed by atoms with Crippen molar-refractivity contribution >= 4 is 58.7 Å². The average molecular weight is 202 g/mol. The van der Waals surface area contributed by atoms with Gasteiger partial charge in [-0.05, 0) is 6.42 Å².